The Bertz CT molecular complexity index is 333. The first-order valence-corrected chi connectivity index (χ1v) is 7.92. The zero-order valence-corrected chi connectivity index (χ0v) is 13.9. The van der Waals surface area contributed by atoms with Crippen LogP contribution in [0.4, 0.5) is 0 Å². The Morgan fingerprint density at radius 2 is 1.61 bits per heavy atom. The third-order valence-corrected chi connectivity index (χ3v) is 4.43. The van der Waals surface area contributed by atoms with Crippen molar-refractivity contribution >= 4 is 43.2 Å². The first kappa shape index (κ1) is 16.6. The summed E-state index contributed by atoms with van der Waals surface area (Å²) in [6.45, 7) is 3.12. The van der Waals surface area contributed by atoms with Gasteiger partial charge in [-0.15, -0.1) is 11.3 Å². The third-order valence-electron chi connectivity index (χ3n) is 1.96. The lowest BCUT2D eigenvalue weighted by atomic mass is 10.4. The molecular formula is C11H16Br2O4S. The van der Waals surface area contributed by atoms with Crippen LogP contribution in [0.5, 0.6) is 0 Å². The summed E-state index contributed by atoms with van der Waals surface area (Å²) in [4.78, 5) is 0. The number of ether oxygens (including phenoxy) is 3. The second kappa shape index (κ2) is 10.3. The molecule has 1 heterocycles. The van der Waals surface area contributed by atoms with E-state index in [0.717, 1.165) is 13.1 Å². The summed E-state index contributed by atoms with van der Waals surface area (Å²) >= 11 is 8.53. The lowest BCUT2D eigenvalue weighted by molar-refractivity contribution is 0.00448. The molecule has 0 aliphatic carbocycles. The number of hydrogen-bond donors (Lipinski definition) is 1. The van der Waals surface area contributed by atoms with E-state index in [1.807, 2.05) is 6.07 Å². The molecule has 1 N–H and O–H groups in total. The molecule has 0 atom stereocenters. The average molecular weight is 404 g/mol. The molecule has 1 aromatic heterocycles. The van der Waals surface area contributed by atoms with E-state index in [-0.39, 0.29) is 6.61 Å². The standard InChI is InChI=1S/C11H16Br2O4S/c12-10-7-9(11(13)18-10)8-17-6-5-16-4-3-15-2-1-14/h7,14H,1-6,8H2. The van der Waals surface area contributed by atoms with Gasteiger partial charge in [0.25, 0.3) is 0 Å². The topological polar surface area (TPSA) is 47.9 Å². The van der Waals surface area contributed by atoms with Crippen LogP contribution in [-0.4, -0.2) is 44.7 Å². The van der Waals surface area contributed by atoms with Crippen LogP contribution in [0.25, 0.3) is 0 Å². The Morgan fingerprint density at radius 1 is 1.00 bits per heavy atom. The number of thiophene rings is 1. The molecule has 0 saturated heterocycles. The second-order valence-corrected chi connectivity index (χ2v) is 7.10. The van der Waals surface area contributed by atoms with E-state index in [1.165, 1.54) is 0 Å². The fraction of sp³-hybridized carbons (Fsp3) is 0.636. The van der Waals surface area contributed by atoms with Gasteiger partial charge in [-0.2, -0.15) is 0 Å². The number of rotatable bonds is 10. The molecule has 0 aliphatic heterocycles. The molecule has 4 nitrogen and oxygen atoms in total. The lowest BCUT2D eigenvalue weighted by Gasteiger charge is -2.05. The predicted octanol–water partition coefficient (Wildman–Crippen LogP) is 2.82. The Hall–Kier alpha value is 0.500. The Kier molecular flexibility index (Phi) is 9.48. The highest BCUT2D eigenvalue weighted by Gasteiger charge is 2.04. The van der Waals surface area contributed by atoms with Crippen LogP contribution in [0.15, 0.2) is 13.6 Å². The van der Waals surface area contributed by atoms with Crippen LogP contribution < -0.4 is 0 Å². The van der Waals surface area contributed by atoms with Crippen molar-refractivity contribution in [2.24, 2.45) is 0 Å². The van der Waals surface area contributed by atoms with Crippen molar-refractivity contribution in [2.75, 3.05) is 39.6 Å². The van der Waals surface area contributed by atoms with Crippen molar-refractivity contribution in [3.8, 4) is 0 Å². The van der Waals surface area contributed by atoms with Crippen LogP contribution in [-0.2, 0) is 20.8 Å². The monoisotopic (exact) mass is 402 g/mol. The highest BCUT2D eigenvalue weighted by atomic mass is 79.9. The molecule has 1 rings (SSSR count). The van der Waals surface area contributed by atoms with Crippen LogP contribution in [0.3, 0.4) is 0 Å². The van der Waals surface area contributed by atoms with E-state index in [2.05, 4.69) is 31.9 Å². The van der Waals surface area contributed by atoms with Gasteiger partial charge in [0.15, 0.2) is 0 Å². The molecule has 0 amide bonds. The maximum absolute atomic E-state index is 8.48. The zero-order chi connectivity index (χ0) is 13.2. The largest absolute Gasteiger partial charge is 0.394 e. The maximum atomic E-state index is 8.48. The minimum Gasteiger partial charge on any atom is -0.394 e. The van der Waals surface area contributed by atoms with Crippen LogP contribution >= 0.6 is 43.2 Å². The highest BCUT2D eigenvalue weighted by molar-refractivity contribution is 9.12. The quantitative estimate of drug-likeness (QED) is 0.610. The molecule has 0 bridgehead atoms. The van der Waals surface area contributed by atoms with Crippen molar-refractivity contribution in [1.82, 2.24) is 0 Å². The summed E-state index contributed by atoms with van der Waals surface area (Å²) in [7, 11) is 0. The average Bonchev–Trinajstić information content (AvgIpc) is 2.66. The Labute approximate surface area is 127 Å². The van der Waals surface area contributed by atoms with Gasteiger partial charge in [0.2, 0.25) is 0 Å². The van der Waals surface area contributed by atoms with Crippen LogP contribution in [0.1, 0.15) is 5.56 Å². The molecule has 1 aromatic rings. The fourth-order valence-electron chi connectivity index (χ4n) is 1.16. The molecule has 0 radical (unpaired) electrons. The molecule has 18 heavy (non-hydrogen) atoms. The van der Waals surface area contributed by atoms with Crippen molar-refractivity contribution in [3.05, 3.63) is 19.2 Å². The summed E-state index contributed by atoms with van der Waals surface area (Å²) in [5.74, 6) is 0. The van der Waals surface area contributed by atoms with E-state index in [1.54, 1.807) is 11.3 Å². The lowest BCUT2D eigenvalue weighted by Crippen LogP contribution is -2.10. The summed E-state index contributed by atoms with van der Waals surface area (Å²) in [5, 5.41) is 8.48. The minimum atomic E-state index is 0.0498. The summed E-state index contributed by atoms with van der Waals surface area (Å²) < 4.78 is 18.0. The summed E-state index contributed by atoms with van der Waals surface area (Å²) in [6, 6.07) is 2.04. The smallest absolute Gasteiger partial charge is 0.0765 e. The molecule has 104 valence electrons. The van der Waals surface area contributed by atoms with Crippen LogP contribution in [0, 0.1) is 0 Å². The van der Waals surface area contributed by atoms with Gasteiger partial charge in [0.05, 0.1) is 53.8 Å². The van der Waals surface area contributed by atoms with Crippen molar-refractivity contribution < 1.29 is 19.3 Å². The molecule has 0 spiro atoms. The highest BCUT2D eigenvalue weighted by Crippen LogP contribution is 2.32. The van der Waals surface area contributed by atoms with Gasteiger partial charge >= 0.3 is 0 Å². The van der Waals surface area contributed by atoms with E-state index < -0.39 is 0 Å². The maximum Gasteiger partial charge on any atom is 0.0765 e. The number of hydrogen-bond acceptors (Lipinski definition) is 5. The predicted molar refractivity (Wildman–Crippen MR) is 78.1 cm³/mol. The molecule has 0 unspecified atom stereocenters. The molecule has 0 aromatic carbocycles. The van der Waals surface area contributed by atoms with Gasteiger partial charge in [-0.25, -0.2) is 0 Å². The minimum absolute atomic E-state index is 0.0498. The van der Waals surface area contributed by atoms with Gasteiger partial charge in [0, 0.05) is 5.56 Å². The normalized spacial score (nSPS) is 11.1. The molecule has 0 fully saturated rings. The fourth-order valence-corrected chi connectivity index (χ4v) is 3.95. The molecular weight excluding hydrogens is 388 g/mol. The van der Waals surface area contributed by atoms with E-state index >= 15 is 0 Å². The number of aliphatic hydroxyl groups excluding tert-OH is 1. The molecule has 0 aliphatic rings. The van der Waals surface area contributed by atoms with Crippen molar-refractivity contribution in [3.63, 3.8) is 0 Å². The van der Waals surface area contributed by atoms with Gasteiger partial charge in [-0.3, -0.25) is 0 Å². The van der Waals surface area contributed by atoms with Crippen molar-refractivity contribution in [2.45, 2.75) is 6.61 Å². The first-order valence-electron chi connectivity index (χ1n) is 5.52. The van der Waals surface area contributed by atoms with E-state index in [4.69, 9.17) is 19.3 Å². The first-order chi connectivity index (χ1) is 8.74. The van der Waals surface area contributed by atoms with Gasteiger partial charge in [-0.1, -0.05) is 0 Å². The van der Waals surface area contributed by atoms with E-state index in [9.17, 15) is 0 Å². The summed E-state index contributed by atoms with van der Waals surface area (Å²) in [6.07, 6.45) is 0. The Balaban J connectivity index is 1.94. The zero-order valence-electron chi connectivity index (χ0n) is 9.86. The van der Waals surface area contributed by atoms with Gasteiger partial charge in [-0.05, 0) is 37.9 Å². The molecule has 0 saturated carbocycles. The SMILES string of the molecule is OCCOCCOCCOCc1cc(Br)sc1Br. The second-order valence-electron chi connectivity index (χ2n) is 3.35. The Morgan fingerprint density at radius 3 is 2.17 bits per heavy atom. The number of halogens is 2. The van der Waals surface area contributed by atoms with Gasteiger partial charge in [0.1, 0.15) is 0 Å². The van der Waals surface area contributed by atoms with Crippen molar-refractivity contribution in [1.29, 1.82) is 0 Å². The third kappa shape index (κ3) is 7.18. The molecule has 7 heteroatoms. The van der Waals surface area contributed by atoms with E-state index in [0.29, 0.717) is 39.6 Å². The number of aliphatic hydroxyl groups is 1. The van der Waals surface area contributed by atoms with Crippen LogP contribution in [0.2, 0.25) is 0 Å². The summed E-state index contributed by atoms with van der Waals surface area (Å²) in [5.41, 5.74) is 1.14. The van der Waals surface area contributed by atoms with Gasteiger partial charge < -0.3 is 19.3 Å².